The summed E-state index contributed by atoms with van der Waals surface area (Å²) in [5.41, 5.74) is 0.127. The Morgan fingerprint density at radius 3 is 1.37 bits per heavy atom. The van der Waals surface area contributed by atoms with Gasteiger partial charge in [0.15, 0.2) is 0 Å². The molecule has 138 valence electrons. The smallest absolute Gasteiger partial charge is 0.287 e. The zero-order valence-corrected chi connectivity index (χ0v) is 13.8. The van der Waals surface area contributed by atoms with E-state index in [4.69, 9.17) is 0 Å². The number of Topliss-reactive ketones (excluding diaryl/α,β-unsaturated/α-hetero) is 1. The third-order valence-electron chi connectivity index (χ3n) is 4.10. The van der Waals surface area contributed by atoms with Gasteiger partial charge in [-0.3, -0.25) is 4.79 Å². The first-order chi connectivity index (χ1) is 12.7. The fourth-order valence-electron chi connectivity index (χ4n) is 2.80. The molecule has 0 radical (unpaired) electrons. The van der Waals surface area contributed by atoms with E-state index in [9.17, 15) is 26.7 Å². The highest BCUT2D eigenvalue weighted by Gasteiger charge is 2.63. The van der Waals surface area contributed by atoms with Gasteiger partial charge in [-0.05, 0) is 22.3 Å². The van der Waals surface area contributed by atoms with Crippen LogP contribution in [0.2, 0.25) is 0 Å². The molecule has 6 heteroatoms. The second-order valence-electron chi connectivity index (χ2n) is 5.86. The molecule has 0 atom stereocenters. The van der Waals surface area contributed by atoms with Gasteiger partial charge in [-0.15, -0.1) is 0 Å². The molecule has 1 nitrogen and oxygen atoms in total. The van der Waals surface area contributed by atoms with Crippen LogP contribution in [0.1, 0.15) is 10.4 Å². The topological polar surface area (TPSA) is 17.1 Å². The van der Waals surface area contributed by atoms with Crippen LogP contribution in [0.3, 0.4) is 0 Å². The fourth-order valence-corrected chi connectivity index (χ4v) is 2.80. The van der Waals surface area contributed by atoms with Crippen molar-refractivity contribution < 1.29 is 26.7 Å². The van der Waals surface area contributed by atoms with Crippen molar-refractivity contribution in [3.8, 4) is 22.3 Å². The van der Waals surface area contributed by atoms with Gasteiger partial charge in [0.2, 0.25) is 5.78 Å². The molecular weight excluding hydrogens is 363 g/mol. The Bertz CT molecular complexity index is 890. The number of halogens is 5. The highest BCUT2D eigenvalue weighted by Crippen LogP contribution is 2.42. The summed E-state index contributed by atoms with van der Waals surface area (Å²) >= 11 is 0. The standard InChI is InChI=1S/C21H13F5O/c22-20(23,21(24,25)26)19(27)18-16(14-8-3-1-4-9-14)12-7-13-17(18)15-10-5-2-6-11-15/h1-13H. The normalized spacial score (nSPS) is 12.0. The summed E-state index contributed by atoms with van der Waals surface area (Å²) in [6, 6.07) is 20.2. The predicted molar refractivity (Wildman–Crippen MR) is 92.6 cm³/mol. The number of carbonyl (C=O) groups excluding carboxylic acids is 1. The second kappa shape index (κ2) is 6.95. The van der Waals surface area contributed by atoms with E-state index >= 15 is 0 Å². The second-order valence-corrected chi connectivity index (χ2v) is 5.86. The van der Waals surface area contributed by atoms with Crippen LogP contribution in [0.4, 0.5) is 22.0 Å². The molecule has 0 fully saturated rings. The zero-order valence-electron chi connectivity index (χ0n) is 13.8. The molecule has 0 saturated carbocycles. The summed E-state index contributed by atoms with van der Waals surface area (Å²) in [5.74, 6) is -7.77. The largest absolute Gasteiger partial charge is 0.461 e. The number of hydrogen-bond donors (Lipinski definition) is 0. The molecular formula is C21H13F5O. The Balaban J connectivity index is 2.31. The van der Waals surface area contributed by atoms with Gasteiger partial charge in [-0.25, -0.2) is 0 Å². The van der Waals surface area contributed by atoms with E-state index in [1.54, 1.807) is 60.7 Å². The summed E-state index contributed by atoms with van der Waals surface area (Å²) in [5, 5.41) is 0. The maximum absolute atomic E-state index is 13.9. The molecule has 0 bridgehead atoms. The van der Waals surface area contributed by atoms with Crippen molar-refractivity contribution in [3.63, 3.8) is 0 Å². The summed E-state index contributed by atoms with van der Waals surface area (Å²) in [4.78, 5) is 12.4. The first-order valence-electron chi connectivity index (χ1n) is 7.96. The average Bonchev–Trinajstić information content (AvgIpc) is 2.67. The quantitative estimate of drug-likeness (QED) is 0.380. The van der Waals surface area contributed by atoms with Gasteiger partial charge in [0.1, 0.15) is 0 Å². The van der Waals surface area contributed by atoms with Gasteiger partial charge < -0.3 is 0 Å². The van der Waals surface area contributed by atoms with Crippen LogP contribution in [0.15, 0.2) is 78.9 Å². The van der Waals surface area contributed by atoms with Gasteiger partial charge in [0.05, 0.1) is 0 Å². The van der Waals surface area contributed by atoms with Crippen molar-refractivity contribution >= 4 is 5.78 Å². The molecule has 27 heavy (non-hydrogen) atoms. The van der Waals surface area contributed by atoms with Crippen molar-refractivity contribution in [3.05, 3.63) is 84.4 Å². The van der Waals surface area contributed by atoms with Gasteiger partial charge in [0, 0.05) is 5.56 Å². The highest BCUT2D eigenvalue weighted by atomic mass is 19.4. The van der Waals surface area contributed by atoms with E-state index in [0.717, 1.165) is 0 Å². The Labute approximate surface area is 152 Å². The van der Waals surface area contributed by atoms with Crippen molar-refractivity contribution in [2.24, 2.45) is 0 Å². The number of alkyl halides is 5. The SMILES string of the molecule is O=C(c1c(-c2ccccc2)cccc1-c1ccccc1)C(F)(F)C(F)(F)F. The zero-order chi connectivity index (χ0) is 19.7. The first kappa shape index (κ1) is 18.8. The van der Waals surface area contributed by atoms with Crippen molar-refractivity contribution in [2.75, 3.05) is 0 Å². The van der Waals surface area contributed by atoms with Crippen LogP contribution >= 0.6 is 0 Å². The average molecular weight is 376 g/mol. The Morgan fingerprint density at radius 1 is 0.593 bits per heavy atom. The molecule has 3 aromatic rings. The molecule has 0 unspecified atom stereocenters. The van der Waals surface area contributed by atoms with Crippen LogP contribution in [-0.2, 0) is 0 Å². The maximum atomic E-state index is 13.9. The summed E-state index contributed by atoms with van der Waals surface area (Å²) in [6.45, 7) is 0. The van der Waals surface area contributed by atoms with E-state index in [1.165, 1.54) is 18.2 Å². The highest BCUT2D eigenvalue weighted by molar-refractivity contribution is 6.11. The molecule has 0 spiro atoms. The molecule has 0 aliphatic carbocycles. The number of benzene rings is 3. The van der Waals surface area contributed by atoms with Crippen molar-refractivity contribution in [2.45, 2.75) is 12.1 Å². The minimum absolute atomic E-state index is 0.0193. The van der Waals surface area contributed by atoms with E-state index < -0.39 is 23.4 Å². The van der Waals surface area contributed by atoms with E-state index in [2.05, 4.69) is 0 Å². The Hall–Kier alpha value is -3.02. The first-order valence-corrected chi connectivity index (χ1v) is 7.96. The third-order valence-corrected chi connectivity index (χ3v) is 4.10. The fraction of sp³-hybridized carbons (Fsp3) is 0.0952. The van der Waals surface area contributed by atoms with Gasteiger partial charge >= 0.3 is 12.1 Å². The maximum Gasteiger partial charge on any atom is 0.461 e. The molecule has 0 aromatic heterocycles. The summed E-state index contributed by atoms with van der Waals surface area (Å²) in [7, 11) is 0. The van der Waals surface area contributed by atoms with Crippen LogP contribution in [-0.4, -0.2) is 17.9 Å². The van der Waals surface area contributed by atoms with Gasteiger partial charge in [-0.1, -0.05) is 78.9 Å². The number of ketones is 1. The lowest BCUT2D eigenvalue weighted by Gasteiger charge is -2.22. The molecule has 0 aliphatic heterocycles. The van der Waals surface area contributed by atoms with Crippen LogP contribution in [0, 0.1) is 0 Å². The number of rotatable bonds is 4. The van der Waals surface area contributed by atoms with E-state index in [1.807, 2.05) is 0 Å². The summed E-state index contributed by atoms with van der Waals surface area (Å²) < 4.78 is 66.5. The lowest BCUT2D eigenvalue weighted by atomic mass is 9.87. The molecule has 0 N–H and O–H groups in total. The van der Waals surface area contributed by atoms with Gasteiger partial charge in [-0.2, -0.15) is 22.0 Å². The Morgan fingerprint density at radius 2 is 1.00 bits per heavy atom. The molecule has 3 rings (SSSR count). The predicted octanol–water partition coefficient (Wildman–Crippen LogP) is 6.40. The van der Waals surface area contributed by atoms with Gasteiger partial charge in [0.25, 0.3) is 0 Å². The minimum atomic E-state index is -5.98. The van der Waals surface area contributed by atoms with E-state index in [-0.39, 0.29) is 11.1 Å². The van der Waals surface area contributed by atoms with Crippen LogP contribution < -0.4 is 0 Å². The van der Waals surface area contributed by atoms with Crippen molar-refractivity contribution in [1.29, 1.82) is 0 Å². The summed E-state index contributed by atoms with van der Waals surface area (Å²) in [6.07, 6.45) is -5.98. The third kappa shape index (κ3) is 3.47. The van der Waals surface area contributed by atoms with Crippen LogP contribution in [0.5, 0.6) is 0 Å². The van der Waals surface area contributed by atoms with Crippen molar-refractivity contribution in [1.82, 2.24) is 0 Å². The molecule has 3 aromatic carbocycles. The van der Waals surface area contributed by atoms with Crippen LogP contribution in [0.25, 0.3) is 22.3 Å². The lowest BCUT2D eigenvalue weighted by molar-refractivity contribution is -0.255. The molecule has 0 heterocycles. The minimum Gasteiger partial charge on any atom is -0.287 e. The number of hydrogen-bond acceptors (Lipinski definition) is 1. The lowest BCUT2D eigenvalue weighted by Crippen LogP contribution is -2.44. The number of carbonyl (C=O) groups is 1. The Kier molecular flexibility index (Phi) is 4.83. The molecule has 0 aliphatic rings. The monoisotopic (exact) mass is 376 g/mol. The molecule has 0 saturated heterocycles. The van der Waals surface area contributed by atoms with E-state index in [0.29, 0.717) is 11.1 Å². The molecule has 0 amide bonds.